The van der Waals surface area contributed by atoms with E-state index in [0.717, 1.165) is 11.4 Å². The van der Waals surface area contributed by atoms with E-state index in [-0.39, 0.29) is 0 Å². The van der Waals surface area contributed by atoms with Crippen molar-refractivity contribution < 1.29 is 0 Å². The molecule has 2 radical (unpaired) electrons. The van der Waals surface area contributed by atoms with Gasteiger partial charge in [-0.25, -0.2) is 0 Å². The number of nitrogens with zero attached hydrogens (tertiary/aromatic N) is 3. The van der Waals surface area contributed by atoms with Gasteiger partial charge in [-0.15, -0.1) is 0 Å². The van der Waals surface area contributed by atoms with Gasteiger partial charge in [0, 0.05) is 0 Å². The summed E-state index contributed by atoms with van der Waals surface area (Å²) in [6, 6.07) is 28.1. The molecule has 0 saturated heterocycles. The number of hydrogen-bond donors (Lipinski definition) is 0. The Bertz CT molecular complexity index is 1070. The second kappa shape index (κ2) is 9.48. The Morgan fingerprint density at radius 2 is 0.939 bits per heavy atom. The van der Waals surface area contributed by atoms with E-state index < -0.39 is 32.3 Å². The first-order chi connectivity index (χ1) is 15.6. The van der Waals surface area contributed by atoms with Crippen molar-refractivity contribution >= 4 is 55.9 Å². The summed E-state index contributed by atoms with van der Waals surface area (Å²) in [5.41, 5.74) is 7.22. The molecule has 33 heavy (non-hydrogen) atoms. The van der Waals surface area contributed by atoms with Crippen molar-refractivity contribution in [1.82, 2.24) is 12.0 Å². The molecule has 1 aliphatic heterocycles. The maximum absolute atomic E-state index is 5.06. The minimum absolute atomic E-state index is 0.660. The van der Waals surface area contributed by atoms with Gasteiger partial charge in [-0.3, -0.25) is 0 Å². The Hall–Kier alpha value is -2.35. The van der Waals surface area contributed by atoms with Crippen LogP contribution in [0.2, 0.25) is 39.3 Å². The van der Waals surface area contributed by atoms with Crippen LogP contribution in [0.3, 0.4) is 0 Å². The number of fused-ring (bicyclic) bond motifs is 2. The molecule has 0 atom stereocenters. The fourth-order valence-corrected chi connectivity index (χ4v) is 13.4. The van der Waals surface area contributed by atoms with E-state index in [1.165, 1.54) is 22.5 Å². The average Bonchev–Trinajstić information content (AvgIpc) is 2.77. The molecule has 2 aromatic carbocycles. The summed E-state index contributed by atoms with van der Waals surface area (Å²) < 4.78 is 5.61. The SMILES string of the molecule is C[Si](C)(C)[N]1[Ge][N]([Si](C)(C)C)/C(c2ccccc2)=C\c2cccc(n2)/C=C\1c1ccccc1. The van der Waals surface area contributed by atoms with Crippen LogP contribution in [0.5, 0.6) is 0 Å². The van der Waals surface area contributed by atoms with Crippen LogP contribution in [-0.4, -0.2) is 44.4 Å². The van der Waals surface area contributed by atoms with Gasteiger partial charge in [0.25, 0.3) is 0 Å². The summed E-state index contributed by atoms with van der Waals surface area (Å²) in [7, 11) is -3.42. The molecule has 3 aromatic rings. The molecule has 2 bridgehead atoms. The van der Waals surface area contributed by atoms with E-state index >= 15 is 0 Å². The van der Waals surface area contributed by atoms with Gasteiger partial charge >= 0.3 is 209 Å². The molecule has 6 heteroatoms. The van der Waals surface area contributed by atoms with Crippen molar-refractivity contribution in [3.63, 3.8) is 0 Å². The monoisotopic (exact) mass is 529 g/mol. The van der Waals surface area contributed by atoms with Crippen molar-refractivity contribution in [3.05, 3.63) is 101 Å². The molecule has 3 nitrogen and oxygen atoms in total. The van der Waals surface area contributed by atoms with E-state index in [1.807, 2.05) is 0 Å². The third-order valence-corrected chi connectivity index (χ3v) is 20.0. The third-order valence-electron chi connectivity index (χ3n) is 5.52. The molecule has 0 fully saturated rings. The van der Waals surface area contributed by atoms with Crippen molar-refractivity contribution in [3.8, 4) is 0 Å². The number of rotatable bonds is 4. The van der Waals surface area contributed by atoms with E-state index in [1.54, 1.807) is 0 Å². The molecule has 1 aliphatic rings. The second-order valence-corrected chi connectivity index (χ2v) is 24.1. The number of hydrogen-bond acceptors (Lipinski definition) is 3. The van der Waals surface area contributed by atoms with Gasteiger partial charge in [-0.2, -0.15) is 0 Å². The van der Waals surface area contributed by atoms with Crippen LogP contribution in [0.4, 0.5) is 0 Å². The quantitative estimate of drug-likeness (QED) is 0.344. The van der Waals surface area contributed by atoms with E-state index in [4.69, 9.17) is 4.98 Å². The molecule has 1 aromatic heterocycles. The van der Waals surface area contributed by atoms with Gasteiger partial charge in [0.2, 0.25) is 0 Å². The Balaban J connectivity index is 2.00. The molecule has 2 heterocycles. The summed E-state index contributed by atoms with van der Waals surface area (Å²) in [6.45, 7) is 14.8. The zero-order valence-electron chi connectivity index (χ0n) is 20.5. The zero-order valence-corrected chi connectivity index (χ0v) is 24.6. The minimum atomic E-state index is -1.71. The zero-order chi connectivity index (χ0) is 23.6. The third kappa shape index (κ3) is 5.59. The van der Waals surface area contributed by atoms with Crippen molar-refractivity contribution in [1.29, 1.82) is 0 Å². The molecule has 0 spiro atoms. The molecule has 0 N–H and O–H groups in total. The van der Waals surface area contributed by atoms with Crippen LogP contribution in [0.25, 0.3) is 23.5 Å². The first-order valence-electron chi connectivity index (χ1n) is 11.5. The fraction of sp³-hybridized carbons (Fsp3) is 0.222. The fourth-order valence-electron chi connectivity index (χ4n) is 3.91. The van der Waals surface area contributed by atoms with Gasteiger partial charge in [0.15, 0.2) is 0 Å². The van der Waals surface area contributed by atoms with Crippen LogP contribution in [0, 0.1) is 0 Å². The molecule has 168 valence electrons. The van der Waals surface area contributed by atoms with Gasteiger partial charge in [0.1, 0.15) is 0 Å². The molecule has 4 rings (SSSR count). The summed E-state index contributed by atoms with van der Waals surface area (Å²) in [5, 5.41) is 0. The number of aromatic nitrogens is 1. The average molecular weight is 528 g/mol. The van der Waals surface area contributed by atoms with Crippen LogP contribution < -0.4 is 0 Å². The van der Waals surface area contributed by atoms with Crippen molar-refractivity contribution in [2.24, 2.45) is 0 Å². The van der Waals surface area contributed by atoms with Gasteiger partial charge in [-0.05, 0) is 0 Å². The van der Waals surface area contributed by atoms with Crippen molar-refractivity contribution in [2.45, 2.75) is 39.3 Å². The van der Waals surface area contributed by atoms with Crippen LogP contribution >= 0.6 is 0 Å². The Kier molecular flexibility index (Phi) is 6.84. The summed E-state index contributed by atoms with van der Waals surface area (Å²) >= 11 is -0.660. The Morgan fingerprint density at radius 1 is 0.545 bits per heavy atom. The maximum atomic E-state index is 5.06. The molecule has 0 unspecified atom stereocenters. The van der Waals surface area contributed by atoms with E-state index in [0.29, 0.717) is 0 Å². The first-order valence-corrected chi connectivity index (χ1v) is 20.3. The predicted molar refractivity (Wildman–Crippen MR) is 149 cm³/mol. The number of pyridine rings is 1. The molecular weight excluding hydrogens is 495 g/mol. The van der Waals surface area contributed by atoms with Gasteiger partial charge in [-0.1, -0.05) is 0 Å². The molecule has 0 amide bonds. The number of benzene rings is 2. The second-order valence-electron chi connectivity index (χ2n) is 10.4. The molecule has 0 aliphatic carbocycles. The Morgan fingerprint density at radius 3 is 1.30 bits per heavy atom. The topological polar surface area (TPSA) is 19.4 Å². The standard InChI is InChI=1S/C27H33GeN3Si2/c1-32(2,3)30-26(22-14-9-7-10-15-22)20-24-18-13-19-25(29-24)21-27(23-16-11-8-12-17-23)31(28-30)33(4,5)6/h7-21H,1-6H3/b26-20-,27-21-. The van der Waals surface area contributed by atoms with Crippen LogP contribution in [0.15, 0.2) is 78.9 Å². The normalized spacial score (nSPS) is 18.2. The summed E-state index contributed by atoms with van der Waals surface area (Å²) in [5.74, 6) is 0. The predicted octanol–water partition coefficient (Wildman–Crippen LogP) is 6.90. The van der Waals surface area contributed by atoms with Gasteiger partial charge in [0.05, 0.1) is 0 Å². The molecular formula is C27H33GeN3Si2. The van der Waals surface area contributed by atoms with E-state index in [2.05, 4.69) is 137 Å². The Labute approximate surface area is 208 Å². The van der Waals surface area contributed by atoms with Gasteiger partial charge < -0.3 is 0 Å². The first kappa shape index (κ1) is 23.8. The summed E-state index contributed by atoms with van der Waals surface area (Å²) in [6.07, 6.45) is 4.62. The van der Waals surface area contributed by atoms with E-state index in [9.17, 15) is 0 Å². The van der Waals surface area contributed by atoms with Crippen LogP contribution in [-0.2, 0) is 0 Å². The molecule has 0 saturated carbocycles. The van der Waals surface area contributed by atoms with Crippen molar-refractivity contribution in [2.75, 3.05) is 0 Å². The van der Waals surface area contributed by atoms with Crippen LogP contribution in [0.1, 0.15) is 22.5 Å². The summed E-state index contributed by atoms with van der Waals surface area (Å²) in [4.78, 5) is 5.06.